The van der Waals surface area contributed by atoms with Crippen LogP contribution < -0.4 is 10.1 Å². The van der Waals surface area contributed by atoms with Gasteiger partial charge in [-0.1, -0.05) is 69.7 Å². The molecule has 0 aliphatic carbocycles. The maximum atomic E-state index is 13.3. The number of allylic oxidation sites excluding steroid dienone is 1. The maximum Gasteiger partial charge on any atom is 0.337 e. The molecule has 0 bridgehead atoms. The molecule has 3 atom stereocenters. The monoisotopic (exact) mass is 657 g/mol. The van der Waals surface area contributed by atoms with Crippen molar-refractivity contribution >= 4 is 29.6 Å². The van der Waals surface area contributed by atoms with Crippen LogP contribution in [0.2, 0.25) is 0 Å². The topological polar surface area (TPSA) is 188 Å². The second kappa shape index (κ2) is 23.2. The largest absolute Gasteiger partial charge is 0.493 e. The Morgan fingerprint density at radius 2 is 1.53 bits per heavy atom. The van der Waals surface area contributed by atoms with E-state index in [4.69, 9.17) is 4.74 Å². The van der Waals surface area contributed by atoms with E-state index in [1.165, 1.54) is 12.5 Å². The van der Waals surface area contributed by atoms with Crippen molar-refractivity contribution < 1.29 is 49.1 Å². The Kier molecular flexibility index (Phi) is 20.2. The summed E-state index contributed by atoms with van der Waals surface area (Å²) in [6, 6.07) is 5.05. The third-order valence-electron chi connectivity index (χ3n) is 7.70. The first-order valence-electron chi connectivity index (χ1n) is 16.4. The van der Waals surface area contributed by atoms with E-state index >= 15 is 0 Å². The average Bonchev–Trinajstić information content (AvgIpc) is 3.02. The number of hydrogen-bond acceptors (Lipinski definition) is 7. The highest BCUT2D eigenvalue weighted by Gasteiger charge is 2.49. The van der Waals surface area contributed by atoms with E-state index in [1.54, 1.807) is 31.2 Å². The van der Waals surface area contributed by atoms with Gasteiger partial charge in [-0.05, 0) is 50.3 Å². The number of hydrogen-bond donors (Lipinski definition) is 5. The van der Waals surface area contributed by atoms with Gasteiger partial charge in [-0.15, -0.1) is 11.8 Å². The van der Waals surface area contributed by atoms with Gasteiger partial charge in [0, 0.05) is 25.7 Å². The van der Waals surface area contributed by atoms with Crippen LogP contribution in [0.3, 0.4) is 0 Å². The van der Waals surface area contributed by atoms with Gasteiger partial charge in [-0.2, -0.15) is 0 Å². The number of Topliss-reactive ketones (excluding diaryl/α,β-unsaturated/α-hetero) is 1. The lowest BCUT2D eigenvalue weighted by molar-refractivity contribution is -0.172. The fourth-order valence-electron chi connectivity index (χ4n) is 5.00. The summed E-state index contributed by atoms with van der Waals surface area (Å²) in [5, 5.41) is 42.0. The highest BCUT2D eigenvalue weighted by molar-refractivity contribution is 5.94. The molecule has 0 spiro atoms. The molecule has 0 aromatic heterocycles. The molecule has 0 heterocycles. The summed E-state index contributed by atoms with van der Waals surface area (Å²) in [7, 11) is 0. The number of carboxylic acid groups (broad SMARTS) is 3. The summed E-state index contributed by atoms with van der Waals surface area (Å²) >= 11 is 0. The number of rotatable bonds is 26. The van der Waals surface area contributed by atoms with Crippen molar-refractivity contribution in [3.05, 3.63) is 42.0 Å². The molecule has 1 aromatic carbocycles. The molecular weight excluding hydrogens is 606 g/mol. The molecule has 0 aliphatic heterocycles. The number of ether oxygens (including phenoxy) is 1. The molecule has 0 saturated carbocycles. The van der Waals surface area contributed by atoms with Crippen molar-refractivity contribution in [2.45, 2.75) is 122 Å². The molecule has 0 saturated heterocycles. The van der Waals surface area contributed by atoms with Crippen LogP contribution in [0.1, 0.15) is 109 Å². The number of aliphatic carboxylic acids is 3. The van der Waals surface area contributed by atoms with E-state index in [0.717, 1.165) is 51.0 Å². The van der Waals surface area contributed by atoms with Gasteiger partial charge in [0.2, 0.25) is 5.91 Å². The molecule has 1 amide bonds. The van der Waals surface area contributed by atoms with Crippen LogP contribution in [0.15, 0.2) is 36.4 Å². The van der Waals surface area contributed by atoms with E-state index in [2.05, 4.69) is 24.1 Å². The van der Waals surface area contributed by atoms with Crippen molar-refractivity contribution in [1.29, 1.82) is 0 Å². The number of benzene rings is 1. The fourth-order valence-corrected chi connectivity index (χ4v) is 5.00. The van der Waals surface area contributed by atoms with Crippen LogP contribution in [0.25, 0.3) is 0 Å². The Balaban J connectivity index is 2.82. The summed E-state index contributed by atoms with van der Waals surface area (Å²) in [6.07, 6.45) is 11.8. The van der Waals surface area contributed by atoms with Crippen molar-refractivity contribution in [2.24, 2.45) is 5.92 Å². The van der Waals surface area contributed by atoms with Crippen molar-refractivity contribution in [3.63, 3.8) is 0 Å². The third-order valence-corrected chi connectivity index (χ3v) is 7.70. The lowest BCUT2D eigenvalue weighted by Gasteiger charge is -2.29. The zero-order chi connectivity index (χ0) is 35.1. The molecule has 260 valence electrons. The molecule has 5 N–H and O–H groups in total. The zero-order valence-corrected chi connectivity index (χ0v) is 27.7. The predicted octanol–water partition coefficient (Wildman–Crippen LogP) is 5.32. The van der Waals surface area contributed by atoms with E-state index < -0.39 is 47.8 Å². The Morgan fingerprint density at radius 3 is 2.09 bits per heavy atom. The van der Waals surface area contributed by atoms with E-state index in [9.17, 15) is 44.4 Å². The van der Waals surface area contributed by atoms with Crippen molar-refractivity contribution in [1.82, 2.24) is 5.32 Å². The number of aliphatic hydroxyl groups is 1. The minimum Gasteiger partial charge on any atom is -0.493 e. The Labute approximate surface area is 277 Å². The van der Waals surface area contributed by atoms with E-state index in [0.29, 0.717) is 50.0 Å². The average molecular weight is 658 g/mol. The Hall–Kier alpha value is -4.17. The van der Waals surface area contributed by atoms with Crippen LogP contribution in [0, 0.1) is 17.8 Å². The number of unbranched alkanes of at least 4 members (excludes halogenated alkanes) is 8. The first-order chi connectivity index (χ1) is 22.4. The van der Waals surface area contributed by atoms with Crippen LogP contribution in [-0.2, 0) is 30.4 Å². The summed E-state index contributed by atoms with van der Waals surface area (Å²) in [6.45, 7) is 4.26. The van der Waals surface area contributed by atoms with Gasteiger partial charge in [-0.3, -0.25) is 14.4 Å². The third kappa shape index (κ3) is 16.8. The number of carbonyl (C=O) groups excluding carboxylic acids is 2. The number of nitrogens with one attached hydrogen (secondary N) is 1. The maximum absolute atomic E-state index is 13.3. The smallest absolute Gasteiger partial charge is 0.337 e. The highest BCUT2D eigenvalue weighted by atomic mass is 16.5. The molecule has 11 nitrogen and oxygen atoms in total. The van der Waals surface area contributed by atoms with Gasteiger partial charge in [-0.25, -0.2) is 9.59 Å². The lowest BCUT2D eigenvalue weighted by Crippen LogP contribution is -2.55. The van der Waals surface area contributed by atoms with Gasteiger partial charge in [0.15, 0.2) is 5.60 Å². The second-order valence-corrected chi connectivity index (χ2v) is 11.6. The SMILES string of the molecule is CC#CCCOc1ccc(C[C@H](NC(=O)[C@H](/C=C/CCCCCCC(=O)CCCCCCC)[C@@](O)(CC(=O)O)C(=O)O)C(=O)O)cc1. The minimum absolute atomic E-state index is 0.162. The quantitative estimate of drug-likeness (QED) is 0.0495. The van der Waals surface area contributed by atoms with Crippen LogP contribution in [-0.4, -0.2) is 68.3 Å². The molecule has 1 rings (SSSR count). The first-order valence-corrected chi connectivity index (χ1v) is 16.4. The summed E-state index contributed by atoms with van der Waals surface area (Å²) in [4.78, 5) is 60.9. The van der Waals surface area contributed by atoms with Gasteiger partial charge >= 0.3 is 17.9 Å². The van der Waals surface area contributed by atoms with Gasteiger partial charge in [0.1, 0.15) is 17.6 Å². The first kappa shape index (κ1) is 40.9. The molecule has 0 aliphatic rings. The van der Waals surface area contributed by atoms with Gasteiger partial charge in [0.25, 0.3) is 0 Å². The number of carboxylic acids is 3. The molecule has 0 radical (unpaired) electrons. The highest BCUT2D eigenvalue weighted by Crippen LogP contribution is 2.26. The zero-order valence-electron chi connectivity index (χ0n) is 27.7. The van der Waals surface area contributed by atoms with Gasteiger partial charge in [0.05, 0.1) is 18.9 Å². The Bertz CT molecular complexity index is 1230. The molecule has 0 unspecified atom stereocenters. The normalized spacial score (nSPS) is 13.5. The molecule has 1 aromatic rings. The number of ketones is 1. The number of amides is 1. The minimum atomic E-state index is -3.02. The molecule has 47 heavy (non-hydrogen) atoms. The van der Waals surface area contributed by atoms with Crippen molar-refractivity contribution in [2.75, 3.05) is 6.61 Å². The second-order valence-electron chi connectivity index (χ2n) is 11.6. The lowest BCUT2D eigenvalue weighted by atomic mass is 9.82. The van der Waals surface area contributed by atoms with E-state index in [-0.39, 0.29) is 12.2 Å². The van der Waals surface area contributed by atoms with Crippen molar-refractivity contribution in [3.8, 4) is 17.6 Å². The Morgan fingerprint density at radius 1 is 0.915 bits per heavy atom. The summed E-state index contributed by atoms with van der Waals surface area (Å²) in [5.41, 5.74) is -2.48. The van der Waals surface area contributed by atoms with Gasteiger partial charge < -0.3 is 30.5 Å². The van der Waals surface area contributed by atoms with E-state index in [1.807, 2.05) is 0 Å². The summed E-state index contributed by atoms with van der Waals surface area (Å²) in [5.74, 6) is -1.52. The predicted molar refractivity (Wildman–Crippen MR) is 177 cm³/mol. The number of carbonyl (C=O) groups is 5. The molecule has 11 heteroatoms. The fraction of sp³-hybridized carbons (Fsp3) is 0.583. The standard InChI is InChI=1S/C36H51NO10/c1-3-5-7-10-13-17-28(38)18-14-11-8-9-12-15-19-30(36(46,35(44)45)26-32(39)40)33(41)37-31(34(42)43)25-27-20-22-29(23-21-27)47-24-16-6-4-2/h15,19-23,30-31,46H,3,5,7-14,16-18,24-26H2,1-2H3,(H,37,41)(H,39,40)(H,42,43)(H,44,45)/b19-15+/t30-,31-,36-/m0/s1. The molecular formula is C36H51NO10. The van der Waals surface area contributed by atoms with Crippen LogP contribution >= 0.6 is 0 Å². The summed E-state index contributed by atoms with van der Waals surface area (Å²) < 4.78 is 5.57. The van der Waals surface area contributed by atoms with Crippen LogP contribution in [0.4, 0.5) is 0 Å². The van der Waals surface area contributed by atoms with Crippen LogP contribution in [0.5, 0.6) is 5.75 Å². The molecule has 0 fully saturated rings.